The van der Waals surface area contributed by atoms with Crippen LogP contribution in [0.3, 0.4) is 0 Å². The highest BCUT2D eigenvalue weighted by Gasteiger charge is 2.24. The molecule has 0 atom stereocenters. The first-order chi connectivity index (χ1) is 9.22. The Morgan fingerprint density at radius 1 is 1.32 bits per heavy atom. The number of rotatable bonds is 2. The van der Waals surface area contributed by atoms with Crippen molar-refractivity contribution in [2.75, 3.05) is 18.9 Å². The molecule has 3 N–H and O–H groups in total. The fraction of sp³-hybridized carbons (Fsp3) is 0.167. The second kappa shape index (κ2) is 4.58. The number of hydrogen-bond acceptors (Lipinski definition) is 5. The topological polar surface area (TPSA) is 90.2 Å². The van der Waals surface area contributed by atoms with Crippen LogP contribution in [-0.2, 0) is 0 Å². The van der Waals surface area contributed by atoms with Crippen LogP contribution in [0.5, 0.6) is 11.5 Å². The normalized spacial score (nSPS) is 13.3. The molecule has 1 aliphatic heterocycles. The number of ether oxygens (including phenoxy) is 2. The summed E-state index contributed by atoms with van der Waals surface area (Å²) in [4.78, 5) is 11.2. The number of halogens is 1. The SMILES string of the molecule is Nc1[nH]ncc1-c1cc(Br)c(C=O)c2c1OCCO2. The first-order valence-corrected chi connectivity index (χ1v) is 6.38. The van der Waals surface area contributed by atoms with Gasteiger partial charge in [0, 0.05) is 15.6 Å². The number of hydrogen-bond donors (Lipinski definition) is 2. The number of nitrogen functional groups attached to an aromatic ring is 1. The van der Waals surface area contributed by atoms with E-state index in [1.54, 1.807) is 12.3 Å². The van der Waals surface area contributed by atoms with E-state index in [1.165, 1.54) is 0 Å². The number of anilines is 1. The largest absolute Gasteiger partial charge is 0.485 e. The smallest absolute Gasteiger partial charge is 0.173 e. The van der Waals surface area contributed by atoms with E-state index in [0.29, 0.717) is 46.1 Å². The van der Waals surface area contributed by atoms with Crippen LogP contribution in [0.2, 0.25) is 0 Å². The highest BCUT2D eigenvalue weighted by Crippen LogP contribution is 2.46. The van der Waals surface area contributed by atoms with Crippen molar-refractivity contribution in [2.45, 2.75) is 0 Å². The van der Waals surface area contributed by atoms with Gasteiger partial charge in [0.2, 0.25) is 0 Å². The maximum Gasteiger partial charge on any atom is 0.173 e. The molecule has 0 radical (unpaired) electrons. The van der Waals surface area contributed by atoms with E-state index in [0.717, 1.165) is 11.8 Å². The van der Waals surface area contributed by atoms with Crippen molar-refractivity contribution in [3.05, 3.63) is 22.3 Å². The molecule has 19 heavy (non-hydrogen) atoms. The zero-order chi connectivity index (χ0) is 13.4. The van der Waals surface area contributed by atoms with Crippen molar-refractivity contribution in [3.8, 4) is 22.6 Å². The number of H-pyrrole nitrogens is 1. The van der Waals surface area contributed by atoms with Crippen LogP contribution in [0.4, 0.5) is 5.82 Å². The molecule has 3 rings (SSSR count). The Hall–Kier alpha value is -2.02. The fourth-order valence-corrected chi connectivity index (χ4v) is 2.52. The van der Waals surface area contributed by atoms with E-state index in [9.17, 15) is 4.79 Å². The minimum absolute atomic E-state index is 0.407. The van der Waals surface area contributed by atoms with Crippen molar-refractivity contribution in [1.29, 1.82) is 0 Å². The van der Waals surface area contributed by atoms with Gasteiger partial charge in [-0.1, -0.05) is 0 Å². The molecule has 7 heteroatoms. The van der Waals surface area contributed by atoms with Crippen LogP contribution in [0.1, 0.15) is 10.4 Å². The maximum absolute atomic E-state index is 11.2. The molecule has 0 spiro atoms. The number of fused-ring (bicyclic) bond motifs is 1. The summed E-state index contributed by atoms with van der Waals surface area (Å²) < 4.78 is 11.8. The predicted molar refractivity (Wildman–Crippen MR) is 72.5 cm³/mol. The molecule has 0 saturated heterocycles. The first-order valence-electron chi connectivity index (χ1n) is 5.59. The number of nitrogens with one attached hydrogen (secondary N) is 1. The van der Waals surface area contributed by atoms with Gasteiger partial charge in [-0.15, -0.1) is 0 Å². The second-order valence-corrected chi connectivity index (χ2v) is 4.84. The van der Waals surface area contributed by atoms with Gasteiger partial charge >= 0.3 is 0 Å². The summed E-state index contributed by atoms with van der Waals surface area (Å²) in [5, 5.41) is 6.56. The highest BCUT2D eigenvalue weighted by atomic mass is 79.9. The van der Waals surface area contributed by atoms with E-state index in [1.807, 2.05) is 0 Å². The number of aromatic nitrogens is 2. The van der Waals surface area contributed by atoms with Gasteiger partial charge in [-0.25, -0.2) is 0 Å². The van der Waals surface area contributed by atoms with Crippen LogP contribution < -0.4 is 15.2 Å². The van der Waals surface area contributed by atoms with Gasteiger partial charge in [0.1, 0.15) is 19.0 Å². The maximum atomic E-state index is 11.2. The number of nitrogens with two attached hydrogens (primary N) is 1. The summed E-state index contributed by atoms with van der Waals surface area (Å²) in [5.74, 6) is 1.39. The summed E-state index contributed by atoms with van der Waals surface area (Å²) in [7, 11) is 0. The lowest BCUT2D eigenvalue weighted by molar-refractivity contribution is 0.111. The molecule has 1 aromatic carbocycles. The van der Waals surface area contributed by atoms with Crippen LogP contribution in [-0.4, -0.2) is 29.7 Å². The second-order valence-electron chi connectivity index (χ2n) is 3.99. The van der Waals surface area contributed by atoms with Crippen LogP contribution in [0.25, 0.3) is 11.1 Å². The number of carbonyl (C=O) groups excluding carboxylic acids is 1. The van der Waals surface area contributed by atoms with Gasteiger partial charge in [-0.05, 0) is 22.0 Å². The average molecular weight is 324 g/mol. The summed E-state index contributed by atoms with van der Waals surface area (Å²) in [6.07, 6.45) is 2.34. The van der Waals surface area contributed by atoms with Crippen molar-refractivity contribution in [3.63, 3.8) is 0 Å². The Balaban J connectivity index is 2.29. The van der Waals surface area contributed by atoms with E-state index in [4.69, 9.17) is 15.2 Å². The lowest BCUT2D eigenvalue weighted by atomic mass is 10.0. The predicted octanol–water partition coefficient (Wildman–Crippen LogP) is 2.01. The molecule has 2 heterocycles. The summed E-state index contributed by atoms with van der Waals surface area (Å²) in [5.41, 5.74) is 7.70. The number of aromatic amines is 1. The summed E-state index contributed by atoms with van der Waals surface area (Å²) >= 11 is 3.36. The minimum Gasteiger partial charge on any atom is -0.485 e. The average Bonchev–Trinajstić information content (AvgIpc) is 2.84. The van der Waals surface area contributed by atoms with E-state index >= 15 is 0 Å². The third-order valence-electron chi connectivity index (χ3n) is 2.88. The highest BCUT2D eigenvalue weighted by molar-refractivity contribution is 9.10. The van der Waals surface area contributed by atoms with Gasteiger partial charge < -0.3 is 15.2 Å². The number of benzene rings is 1. The van der Waals surface area contributed by atoms with Crippen molar-refractivity contribution in [2.24, 2.45) is 0 Å². The van der Waals surface area contributed by atoms with Crippen LogP contribution in [0.15, 0.2) is 16.7 Å². The quantitative estimate of drug-likeness (QED) is 0.825. The van der Waals surface area contributed by atoms with Gasteiger partial charge in [0.25, 0.3) is 0 Å². The summed E-state index contributed by atoms with van der Waals surface area (Å²) in [6.45, 7) is 0.836. The zero-order valence-electron chi connectivity index (χ0n) is 9.77. The summed E-state index contributed by atoms with van der Waals surface area (Å²) in [6, 6.07) is 1.78. The standard InChI is InChI=1S/C12H10BrN3O3/c13-9-3-6(7-4-15-16-12(7)14)10-11(8(9)5-17)19-2-1-18-10/h3-5H,1-2H2,(H3,14,15,16). The first kappa shape index (κ1) is 12.0. The van der Waals surface area contributed by atoms with Crippen molar-refractivity contribution >= 4 is 28.0 Å². The lowest BCUT2D eigenvalue weighted by Gasteiger charge is -2.23. The number of carbonyl (C=O) groups is 1. The molecular formula is C12H10BrN3O3. The third-order valence-corrected chi connectivity index (χ3v) is 3.53. The van der Waals surface area contributed by atoms with Gasteiger partial charge in [-0.2, -0.15) is 5.10 Å². The van der Waals surface area contributed by atoms with E-state index in [2.05, 4.69) is 26.1 Å². The fourth-order valence-electron chi connectivity index (χ4n) is 2.02. The molecule has 0 unspecified atom stereocenters. The van der Waals surface area contributed by atoms with Gasteiger partial charge in [0.05, 0.1) is 11.8 Å². The lowest BCUT2D eigenvalue weighted by Crippen LogP contribution is -2.17. The van der Waals surface area contributed by atoms with E-state index in [-0.39, 0.29) is 0 Å². The number of nitrogens with zero attached hydrogens (tertiary/aromatic N) is 1. The third kappa shape index (κ3) is 1.86. The molecular weight excluding hydrogens is 314 g/mol. The zero-order valence-corrected chi connectivity index (χ0v) is 11.4. The van der Waals surface area contributed by atoms with Crippen molar-refractivity contribution < 1.29 is 14.3 Å². The van der Waals surface area contributed by atoms with Gasteiger partial charge in [0.15, 0.2) is 17.8 Å². The van der Waals surface area contributed by atoms with Gasteiger partial charge in [-0.3, -0.25) is 9.89 Å². The molecule has 0 fully saturated rings. The molecule has 0 saturated carbocycles. The molecule has 0 amide bonds. The van der Waals surface area contributed by atoms with E-state index < -0.39 is 0 Å². The van der Waals surface area contributed by atoms with Crippen LogP contribution in [0, 0.1) is 0 Å². The molecule has 98 valence electrons. The molecule has 6 nitrogen and oxygen atoms in total. The minimum atomic E-state index is 0.407. The van der Waals surface area contributed by atoms with Crippen molar-refractivity contribution in [1.82, 2.24) is 10.2 Å². The molecule has 2 aromatic rings. The monoisotopic (exact) mass is 323 g/mol. The Morgan fingerprint density at radius 3 is 2.68 bits per heavy atom. The molecule has 0 aliphatic carbocycles. The Kier molecular flexibility index (Phi) is 2.90. The Bertz CT molecular complexity index is 654. The molecule has 1 aliphatic rings. The van der Waals surface area contributed by atoms with Crippen LogP contribution >= 0.6 is 15.9 Å². The molecule has 0 bridgehead atoms. The number of aldehydes is 1. The Morgan fingerprint density at radius 2 is 2.05 bits per heavy atom. The molecule has 1 aromatic heterocycles. The Labute approximate surface area is 117 Å².